The molecule has 6 heteroatoms. The van der Waals surface area contributed by atoms with Gasteiger partial charge in [0.25, 0.3) is 0 Å². The molecule has 1 heterocycles. The summed E-state index contributed by atoms with van der Waals surface area (Å²) in [7, 11) is 0. The lowest BCUT2D eigenvalue weighted by atomic mass is 10.2. The molecule has 0 amide bonds. The number of thioether (sulfide) groups is 1. The number of nitrogens with two attached hydrogens (primary N) is 1. The zero-order valence-corrected chi connectivity index (χ0v) is 15.1. The van der Waals surface area contributed by atoms with E-state index in [2.05, 4.69) is 24.1 Å². The molecule has 0 saturated carbocycles. The summed E-state index contributed by atoms with van der Waals surface area (Å²) in [5.41, 5.74) is 6.75. The van der Waals surface area contributed by atoms with Crippen molar-refractivity contribution in [3.05, 3.63) is 4.88 Å². The van der Waals surface area contributed by atoms with Gasteiger partial charge in [0.1, 0.15) is 5.00 Å². The average Bonchev–Trinajstić information content (AvgIpc) is 2.82. The van der Waals surface area contributed by atoms with E-state index in [4.69, 9.17) is 5.73 Å². The number of carbonyl (C=O) groups is 1. The fraction of sp³-hybridized carbons (Fsp3) is 0.667. The number of Topliss-reactive ketones (excluding diaryl/α,β-unsaturated/α-hetero) is 1. The smallest absolute Gasteiger partial charge is 0.174 e. The summed E-state index contributed by atoms with van der Waals surface area (Å²) >= 11 is 3.10. The first-order chi connectivity index (χ1) is 10.1. The quantitative estimate of drug-likeness (QED) is 0.388. The Labute approximate surface area is 136 Å². The zero-order valence-electron chi connectivity index (χ0n) is 13.5. The minimum atomic E-state index is 0.129. The summed E-state index contributed by atoms with van der Waals surface area (Å²) in [6.45, 7) is 10.4. The van der Waals surface area contributed by atoms with Gasteiger partial charge in [-0.25, -0.2) is 0 Å². The van der Waals surface area contributed by atoms with Gasteiger partial charge in [0.15, 0.2) is 5.78 Å². The van der Waals surface area contributed by atoms with Crippen molar-refractivity contribution < 1.29 is 4.79 Å². The van der Waals surface area contributed by atoms with E-state index >= 15 is 0 Å². The number of thiophene rings is 1. The van der Waals surface area contributed by atoms with Crippen LogP contribution < -0.4 is 11.1 Å². The van der Waals surface area contributed by atoms with Gasteiger partial charge in [0, 0.05) is 13.0 Å². The molecule has 0 fully saturated rings. The van der Waals surface area contributed by atoms with Gasteiger partial charge in [-0.1, -0.05) is 20.8 Å². The summed E-state index contributed by atoms with van der Waals surface area (Å²) in [4.78, 5) is 16.0. The van der Waals surface area contributed by atoms with Crippen molar-refractivity contribution in [2.75, 3.05) is 43.5 Å². The number of hydrogen-bond donors (Lipinski definition) is 2. The Bertz CT molecular complexity index is 456. The Hall–Kier alpha value is -0.720. The first-order valence-electron chi connectivity index (χ1n) is 7.54. The average molecular weight is 330 g/mol. The first kappa shape index (κ1) is 18.3. The van der Waals surface area contributed by atoms with Gasteiger partial charge in [0.05, 0.1) is 15.5 Å². The Balaban J connectivity index is 2.64. The van der Waals surface area contributed by atoms with Crippen LogP contribution in [0.1, 0.15) is 43.3 Å². The monoisotopic (exact) mass is 329 g/mol. The maximum Gasteiger partial charge on any atom is 0.174 e. The Morgan fingerprint density at radius 2 is 2.00 bits per heavy atom. The van der Waals surface area contributed by atoms with Gasteiger partial charge >= 0.3 is 0 Å². The molecule has 0 bridgehead atoms. The molecule has 3 N–H and O–H groups in total. The number of carbonyl (C=O) groups excluding carboxylic acids is 1. The molecule has 0 saturated heterocycles. The highest BCUT2D eigenvalue weighted by Gasteiger charge is 2.19. The minimum absolute atomic E-state index is 0.129. The number of hydrogen-bond acceptors (Lipinski definition) is 6. The van der Waals surface area contributed by atoms with Crippen LogP contribution >= 0.6 is 23.1 Å². The summed E-state index contributed by atoms with van der Waals surface area (Å²) in [6, 6.07) is 0. The second kappa shape index (κ2) is 9.33. The van der Waals surface area contributed by atoms with Crippen LogP contribution in [0.4, 0.5) is 10.7 Å². The van der Waals surface area contributed by atoms with Crippen LogP contribution in [0, 0.1) is 0 Å². The summed E-state index contributed by atoms with van der Waals surface area (Å²) in [6.07, 6.45) is 3.59. The molecule has 0 radical (unpaired) electrons. The van der Waals surface area contributed by atoms with Gasteiger partial charge in [0.2, 0.25) is 0 Å². The third-order valence-corrected chi connectivity index (χ3v) is 5.67. The lowest BCUT2D eigenvalue weighted by Crippen LogP contribution is -2.25. The lowest BCUT2D eigenvalue weighted by molar-refractivity contribution is 0.0992. The van der Waals surface area contributed by atoms with Crippen molar-refractivity contribution in [2.24, 2.45) is 0 Å². The molecule has 1 rings (SSSR count). The van der Waals surface area contributed by atoms with Gasteiger partial charge in [-0.05, 0) is 32.3 Å². The molecular weight excluding hydrogens is 302 g/mol. The number of nitrogen functional groups attached to an aromatic ring is 1. The molecule has 0 aliphatic carbocycles. The predicted molar refractivity (Wildman–Crippen MR) is 96.0 cm³/mol. The fourth-order valence-electron chi connectivity index (χ4n) is 2.16. The second-order valence-corrected chi connectivity index (χ2v) is 6.63. The molecule has 0 aliphatic heterocycles. The maximum absolute atomic E-state index is 11.9. The number of nitrogens with one attached hydrogen (secondary N) is 1. The van der Waals surface area contributed by atoms with Gasteiger partial charge in [-0.2, -0.15) is 0 Å². The summed E-state index contributed by atoms with van der Waals surface area (Å²) in [5.74, 6) is 0.129. The van der Waals surface area contributed by atoms with E-state index in [1.54, 1.807) is 11.8 Å². The van der Waals surface area contributed by atoms with Crippen LogP contribution in [0.3, 0.4) is 0 Å². The van der Waals surface area contributed by atoms with E-state index in [1.165, 1.54) is 11.3 Å². The molecular formula is C15H27N3OS2. The number of anilines is 2. The highest BCUT2D eigenvalue weighted by atomic mass is 32.2. The normalized spacial score (nSPS) is 11.1. The minimum Gasteiger partial charge on any atom is -0.396 e. The first-order valence-corrected chi connectivity index (χ1v) is 9.58. The van der Waals surface area contributed by atoms with Crippen molar-refractivity contribution >= 4 is 39.6 Å². The number of ketones is 1. The molecule has 0 spiro atoms. The van der Waals surface area contributed by atoms with E-state index in [-0.39, 0.29) is 5.78 Å². The molecule has 1 aromatic rings. The molecule has 120 valence electrons. The zero-order chi connectivity index (χ0) is 15.8. The molecule has 1 aromatic heterocycles. The van der Waals surface area contributed by atoms with Crippen LogP contribution in [0.2, 0.25) is 0 Å². The number of rotatable bonds is 10. The van der Waals surface area contributed by atoms with Crippen molar-refractivity contribution in [1.29, 1.82) is 0 Å². The highest BCUT2D eigenvalue weighted by Crippen LogP contribution is 2.42. The highest BCUT2D eigenvalue weighted by molar-refractivity contribution is 7.99. The number of nitrogens with zero attached hydrogens (tertiary/aromatic N) is 1. The van der Waals surface area contributed by atoms with Crippen LogP contribution in [-0.4, -0.2) is 43.1 Å². The van der Waals surface area contributed by atoms with Crippen LogP contribution in [0.5, 0.6) is 0 Å². The topological polar surface area (TPSA) is 58.4 Å². The molecule has 0 atom stereocenters. The third-order valence-electron chi connectivity index (χ3n) is 3.51. The largest absolute Gasteiger partial charge is 0.396 e. The van der Waals surface area contributed by atoms with Crippen molar-refractivity contribution in [3.8, 4) is 0 Å². The Morgan fingerprint density at radius 1 is 1.33 bits per heavy atom. The summed E-state index contributed by atoms with van der Waals surface area (Å²) in [5, 5.41) is 4.49. The van der Waals surface area contributed by atoms with Crippen molar-refractivity contribution in [2.45, 2.75) is 38.5 Å². The van der Waals surface area contributed by atoms with Gasteiger partial charge < -0.3 is 16.0 Å². The molecule has 0 unspecified atom stereocenters. The summed E-state index contributed by atoms with van der Waals surface area (Å²) < 4.78 is 0. The molecule has 0 aliphatic rings. The van der Waals surface area contributed by atoms with E-state index in [1.807, 2.05) is 13.2 Å². The van der Waals surface area contributed by atoms with E-state index in [0.29, 0.717) is 17.0 Å². The predicted octanol–water partition coefficient (Wildman–Crippen LogP) is 3.79. The van der Waals surface area contributed by atoms with E-state index in [0.717, 1.165) is 42.5 Å². The van der Waals surface area contributed by atoms with Gasteiger partial charge in [-0.15, -0.1) is 23.1 Å². The second-order valence-electron chi connectivity index (χ2n) is 4.79. The standard InChI is InChI=1S/C15H27N3OS2/c1-5-11(19)13-12(16)14(20-4)15(21-13)17-9-8-10-18(6-2)7-3/h17H,5-10,16H2,1-4H3. The van der Waals surface area contributed by atoms with E-state index in [9.17, 15) is 4.79 Å². The Morgan fingerprint density at radius 3 is 2.52 bits per heavy atom. The van der Waals surface area contributed by atoms with Crippen LogP contribution in [-0.2, 0) is 0 Å². The van der Waals surface area contributed by atoms with Crippen LogP contribution in [0.25, 0.3) is 0 Å². The van der Waals surface area contributed by atoms with Crippen LogP contribution in [0.15, 0.2) is 4.90 Å². The van der Waals surface area contributed by atoms with Gasteiger partial charge in [-0.3, -0.25) is 4.79 Å². The maximum atomic E-state index is 11.9. The van der Waals surface area contributed by atoms with E-state index < -0.39 is 0 Å². The van der Waals surface area contributed by atoms with Crippen molar-refractivity contribution in [3.63, 3.8) is 0 Å². The molecule has 4 nitrogen and oxygen atoms in total. The third kappa shape index (κ3) is 4.90. The fourth-order valence-corrected chi connectivity index (χ4v) is 4.23. The lowest BCUT2D eigenvalue weighted by Gasteiger charge is -2.17. The SMILES string of the molecule is CCC(=O)c1sc(NCCCN(CC)CC)c(SC)c1N. The molecule has 0 aromatic carbocycles. The Kier molecular flexibility index (Phi) is 8.14. The van der Waals surface area contributed by atoms with Crippen molar-refractivity contribution in [1.82, 2.24) is 4.90 Å². The molecule has 21 heavy (non-hydrogen) atoms.